The van der Waals surface area contributed by atoms with Crippen LogP contribution in [0.2, 0.25) is 0 Å². The lowest BCUT2D eigenvalue weighted by Gasteiger charge is -2.32. The van der Waals surface area contributed by atoms with E-state index in [1.54, 1.807) is 35.6 Å². The van der Waals surface area contributed by atoms with Gasteiger partial charge in [-0.3, -0.25) is 4.79 Å². The van der Waals surface area contributed by atoms with Gasteiger partial charge in [0.1, 0.15) is 17.3 Å². The van der Waals surface area contributed by atoms with E-state index < -0.39 is 21.5 Å². The van der Waals surface area contributed by atoms with Gasteiger partial charge >= 0.3 is 0 Å². The molecule has 1 saturated heterocycles. The van der Waals surface area contributed by atoms with Crippen molar-refractivity contribution in [2.45, 2.75) is 22.9 Å². The van der Waals surface area contributed by atoms with Gasteiger partial charge in [0.05, 0.1) is 6.33 Å². The Hall–Kier alpha value is -2.98. The van der Waals surface area contributed by atoms with Crippen molar-refractivity contribution in [2.75, 3.05) is 11.9 Å². The van der Waals surface area contributed by atoms with Gasteiger partial charge in [-0.1, -0.05) is 18.2 Å². The van der Waals surface area contributed by atoms with Gasteiger partial charge in [0, 0.05) is 44.9 Å². The predicted molar refractivity (Wildman–Crippen MR) is 104 cm³/mol. The van der Waals surface area contributed by atoms with Gasteiger partial charge in [-0.15, -0.1) is 0 Å². The zero-order valence-electron chi connectivity index (χ0n) is 16.0. The molecule has 2 aliphatic heterocycles. The summed E-state index contributed by atoms with van der Waals surface area (Å²) in [7, 11) is -0.410. The number of fused-ring (bicyclic) bond motifs is 2. The first-order valence-electron chi connectivity index (χ1n) is 9.24. The minimum Gasteiger partial charge on any atom is -0.339 e. The number of carbonyl (C=O) groups excluding carboxylic acids is 1. The maximum Gasteiger partial charge on any atom is 0.262 e. The first-order chi connectivity index (χ1) is 13.9. The summed E-state index contributed by atoms with van der Waals surface area (Å²) in [4.78, 5) is 21.8. The molecule has 10 heteroatoms. The van der Waals surface area contributed by atoms with Crippen LogP contribution in [-0.2, 0) is 34.3 Å². The molecule has 1 N–H and O–H groups in total. The Balaban J connectivity index is 1.73. The van der Waals surface area contributed by atoms with Crippen molar-refractivity contribution in [3.63, 3.8) is 0 Å². The van der Waals surface area contributed by atoms with Crippen molar-refractivity contribution in [2.24, 2.45) is 14.1 Å². The number of para-hydroxylation sites is 1. The first kappa shape index (κ1) is 18.1. The third-order valence-corrected chi connectivity index (χ3v) is 7.65. The average molecular weight is 412 g/mol. The molecule has 2 atom stereocenters. The number of sulfonamides is 1. The van der Waals surface area contributed by atoms with Crippen LogP contribution in [0.1, 0.15) is 23.9 Å². The largest absolute Gasteiger partial charge is 0.339 e. The highest BCUT2D eigenvalue weighted by Crippen LogP contribution is 2.55. The number of hydrogen-bond donors (Lipinski definition) is 1. The van der Waals surface area contributed by atoms with E-state index in [4.69, 9.17) is 0 Å². The van der Waals surface area contributed by atoms with Crippen LogP contribution in [0.4, 0.5) is 5.69 Å². The highest BCUT2D eigenvalue weighted by atomic mass is 32.2. The summed E-state index contributed by atoms with van der Waals surface area (Å²) < 4.78 is 31.7. The molecule has 4 heterocycles. The van der Waals surface area contributed by atoms with Crippen LogP contribution in [0.25, 0.3) is 0 Å². The summed E-state index contributed by atoms with van der Waals surface area (Å²) in [6, 6.07) is 6.67. The lowest BCUT2D eigenvalue weighted by molar-refractivity contribution is -0.121. The predicted octanol–water partition coefficient (Wildman–Crippen LogP) is 1.18. The highest BCUT2D eigenvalue weighted by molar-refractivity contribution is 7.89. The number of amides is 1. The minimum atomic E-state index is -3.93. The number of benzene rings is 1. The van der Waals surface area contributed by atoms with Crippen LogP contribution >= 0.6 is 0 Å². The molecule has 150 valence electrons. The molecule has 0 bridgehead atoms. The summed E-state index contributed by atoms with van der Waals surface area (Å²) in [6.07, 6.45) is 6.65. The molecule has 1 spiro atoms. The summed E-state index contributed by atoms with van der Waals surface area (Å²) in [5.74, 6) is 0.319. The Labute approximate surface area is 168 Å². The zero-order valence-corrected chi connectivity index (χ0v) is 16.8. The molecule has 3 aromatic rings. The van der Waals surface area contributed by atoms with Gasteiger partial charge in [0.15, 0.2) is 5.03 Å². The van der Waals surface area contributed by atoms with E-state index in [1.807, 2.05) is 24.3 Å². The maximum absolute atomic E-state index is 13.5. The fraction of sp³-hybridized carbons (Fsp3) is 0.316. The third-order valence-electron chi connectivity index (χ3n) is 5.90. The summed E-state index contributed by atoms with van der Waals surface area (Å²) in [5, 5.41) is 2.90. The number of nitrogens with zero attached hydrogens (tertiary/aromatic N) is 5. The molecule has 0 aliphatic carbocycles. The van der Waals surface area contributed by atoms with Crippen molar-refractivity contribution in [1.29, 1.82) is 0 Å². The molecule has 1 fully saturated rings. The second-order valence-corrected chi connectivity index (χ2v) is 9.35. The molecule has 5 rings (SSSR count). The van der Waals surface area contributed by atoms with Gasteiger partial charge < -0.3 is 14.5 Å². The van der Waals surface area contributed by atoms with Gasteiger partial charge in [-0.25, -0.2) is 18.4 Å². The molecule has 2 aromatic heterocycles. The Morgan fingerprint density at radius 2 is 2.00 bits per heavy atom. The quantitative estimate of drug-likeness (QED) is 0.696. The van der Waals surface area contributed by atoms with Crippen molar-refractivity contribution >= 4 is 21.6 Å². The molecule has 9 nitrogen and oxygen atoms in total. The zero-order chi connectivity index (χ0) is 20.4. The number of rotatable bonds is 3. The average Bonchev–Trinajstić information content (AvgIpc) is 3.44. The second kappa shape index (κ2) is 6.01. The lowest BCUT2D eigenvalue weighted by Crippen LogP contribution is -2.43. The fourth-order valence-corrected chi connectivity index (χ4v) is 6.15. The van der Waals surface area contributed by atoms with Crippen LogP contribution in [0.15, 0.2) is 54.2 Å². The van der Waals surface area contributed by atoms with E-state index in [2.05, 4.69) is 15.3 Å². The summed E-state index contributed by atoms with van der Waals surface area (Å²) >= 11 is 0. The SMILES string of the molecule is Cn1cnc(S(=O)(=O)N2CC[C@]3(C(=O)Nc4ccccc43)[C@@H]2c2nccn2C)c1. The summed E-state index contributed by atoms with van der Waals surface area (Å²) in [6.45, 7) is 0.193. The molecule has 0 saturated carbocycles. The molecule has 0 radical (unpaired) electrons. The molecular formula is C19H20N6O3S. The Kier molecular flexibility index (Phi) is 3.74. The monoisotopic (exact) mass is 412 g/mol. The Bertz CT molecular complexity index is 1230. The van der Waals surface area contributed by atoms with Gasteiger partial charge in [-0.05, 0) is 18.1 Å². The van der Waals surface area contributed by atoms with Crippen LogP contribution in [0.5, 0.6) is 0 Å². The molecule has 29 heavy (non-hydrogen) atoms. The number of carbonyl (C=O) groups is 1. The molecule has 1 aromatic carbocycles. The van der Waals surface area contributed by atoms with E-state index >= 15 is 0 Å². The topological polar surface area (TPSA) is 102 Å². The number of imidazole rings is 2. The van der Waals surface area contributed by atoms with Crippen molar-refractivity contribution in [3.8, 4) is 0 Å². The molecule has 2 aliphatic rings. The number of aromatic nitrogens is 4. The summed E-state index contributed by atoms with van der Waals surface area (Å²) in [5.41, 5.74) is 0.475. The van der Waals surface area contributed by atoms with Gasteiger partial charge in [0.25, 0.3) is 10.0 Å². The van der Waals surface area contributed by atoms with Crippen LogP contribution < -0.4 is 5.32 Å². The van der Waals surface area contributed by atoms with E-state index in [-0.39, 0.29) is 17.5 Å². The standard InChI is InChI=1S/C19H20N6O3S/c1-23-11-15(21-12-23)29(27,28)25-9-7-19(16(25)17-20-8-10-24(17)2)13-5-3-4-6-14(13)22-18(19)26/h3-6,8,10-12,16H,7,9H2,1-2H3,(H,22,26)/t16-,19+/m0/s1. The van der Waals surface area contributed by atoms with E-state index in [0.29, 0.717) is 17.9 Å². The number of nitrogens with one attached hydrogen (secondary N) is 1. The van der Waals surface area contributed by atoms with Gasteiger partial charge in [-0.2, -0.15) is 4.31 Å². The Morgan fingerprint density at radius 3 is 2.69 bits per heavy atom. The minimum absolute atomic E-state index is 0.0389. The highest BCUT2D eigenvalue weighted by Gasteiger charge is 2.62. The normalized spacial score (nSPS) is 24.2. The number of hydrogen-bond acceptors (Lipinski definition) is 5. The second-order valence-electron chi connectivity index (χ2n) is 7.51. The number of anilines is 1. The first-order valence-corrected chi connectivity index (χ1v) is 10.7. The van der Waals surface area contributed by atoms with E-state index in [1.165, 1.54) is 16.8 Å². The van der Waals surface area contributed by atoms with Crippen LogP contribution in [-0.4, -0.2) is 44.3 Å². The van der Waals surface area contributed by atoms with E-state index in [9.17, 15) is 13.2 Å². The molecule has 0 unspecified atom stereocenters. The molecule has 1 amide bonds. The smallest absolute Gasteiger partial charge is 0.262 e. The Morgan fingerprint density at radius 1 is 1.21 bits per heavy atom. The lowest BCUT2D eigenvalue weighted by atomic mass is 9.75. The van der Waals surface area contributed by atoms with Crippen molar-refractivity contribution in [3.05, 3.63) is 60.6 Å². The van der Waals surface area contributed by atoms with Crippen molar-refractivity contribution in [1.82, 2.24) is 23.4 Å². The van der Waals surface area contributed by atoms with Crippen molar-refractivity contribution < 1.29 is 13.2 Å². The van der Waals surface area contributed by atoms with E-state index in [0.717, 1.165) is 5.56 Å². The third kappa shape index (κ3) is 2.36. The van der Waals surface area contributed by atoms with Crippen LogP contribution in [0.3, 0.4) is 0 Å². The fourth-order valence-electron chi connectivity index (χ4n) is 4.55. The van der Waals surface area contributed by atoms with Crippen LogP contribution in [0, 0.1) is 0 Å². The molecular weight excluding hydrogens is 392 g/mol. The maximum atomic E-state index is 13.5. The number of aryl methyl sites for hydroxylation is 2. The van der Waals surface area contributed by atoms with Gasteiger partial charge in [0.2, 0.25) is 5.91 Å².